The number of benzene rings is 1. The summed E-state index contributed by atoms with van der Waals surface area (Å²) in [6.07, 6.45) is 3.36. The number of nitrogens with zero attached hydrogens (tertiary/aromatic N) is 3. The number of aromatic nitrogens is 3. The molecule has 1 aromatic heterocycles. The van der Waals surface area contributed by atoms with E-state index in [1.807, 2.05) is 17.0 Å². The molecular weight excluding hydrogens is 264 g/mol. The minimum Gasteiger partial charge on any atom is -0.309 e. The molecule has 1 N–H and O–H groups in total. The molecule has 0 radical (unpaired) electrons. The van der Waals surface area contributed by atoms with E-state index in [1.165, 1.54) is 5.56 Å². The summed E-state index contributed by atoms with van der Waals surface area (Å²) in [6.45, 7) is 2.13. The molecule has 2 heterocycles. The van der Waals surface area contributed by atoms with Crippen LogP contribution in [-0.4, -0.2) is 27.4 Å². The molecule has 0 fully saturated rings. The summed E-state index contributed by atoms with van der Waals surface area (Å²) in [7, 11) is 0. The fourth-order valence-corrected chi connectivity index (χ4v) is 3.59. The van der Waals surface area contributed by atoms with E-state index in [0.717, 1.165) is 36.3 Å². The molecule has 0 spiro atoms. The van der Waals surface area contributed by atoms with Crippen molar-refractivity contribution in [1.82, 2.24) is 15.4 Å². The highest BCUT2D eigenvalue weighted by atomic mass is 16.2. The van der Waals surface area contributed by atoms with Crippen LogP contribution in [0.15, 0.2) is 24.3 Å². The average Bonchev–Trinajstić information content (AvgIpc) is 3.08. The van der Waals surface area contributed by atoms with Crippen LogP contribution in [0, 0.1) is 5.92 Å². The van der Waals surface area contributed by atoms with E-state index < -0.39 is 0 Å². The first-order chi connectivity index (χ1) is 10.2. The second-order valence-electron chi connectivity index (χ2n) is 6.05. The van der Waals surface area contributed by atoms with Crippen LogP contribution in [0.1, 0.15) is 30.3 Å². The van der Waals surface area contributed by atoms with E-state index in [9.17, 15) is 4.79 Å². The summed E-state index contributed by atoms with van der Waals surface area (Å²) in [5.41, 5.74) is 4.34. The van der Waals surface area contributed by atoms with Gasteiger partial charge in [0.1, 0.15) is 0 Å². The number of hydrogen-bond acceptors (Lipinski definition) is 3. The lowest BCUT2D eigenvalue weighted by Crippen LogP contribution is -2.41. The quantitative estimate of drug-likeness (QED) is 0.868. The summed E-state index contributed by atoms with van der Waals surface area (Å²) in [6, 6.07) is 8.47. The molecule has 2 aromatic rings. The van der Waals surface area contributed by atoms with Gasteiger partial charge in [-0.05, 0) is 37.8 Å². The van der Waals surface area contributed by atoms with Crippen LogP contribution in [0.4, 0.5) is 5.69 Å². The normalized spacial score (nSPS) is 23.8. The Kier molecular flexibility index (Phi) is 2.80. The molecule has 5 heteroatoms. The summed E-state index contributed by atoms with van der Waals surface area (Å²) >= 11 is 0. The Hall–Kier alpha value is -2.17. The molecule has 2 aliphatic rings. The van der Waals surface area contributed by atoms with E-state index in [2.05, 4.69) is 34.5 Å². The lowest BCUT2D eigenvalue weighted by Gasteiger charge is -2.29. The number of anilines is 1. The molecule has 1 aromatic carbocycles. The van der Waals surface area contributed by atoms with E-state index >= 15 is 0 Å². The Morgan fingerprint density at radius 1 is 1.24 bits per heavy atom. The van der Waals surface area contributed by atoms with Crippen LogP contribution in [0.25, 0.3) is 0 Å². The predicted octanol–water partition coefficient (Wildman–Crippen LogP) is 1.89. The summed E-state index contributed by atoms with van der Waals surface area (Å²) in [5.74, 6) is 0.261. The Morgan fingerprint density at radius 2 is 2.05 bits per heavy atom. The van der Waals surface area contributed by atoms with Gasteiger partial charge in [-0.2, -0.15) is 15.4 Å². The van der Waals surface area contributed by atoms with E-state index in [4.69, 9.17) is 0 Å². The Balaban J connectivity index is 1.61. The fourth-order valence-electron chi connectivity index (χ4n) is 3.59. The number of aromatic amines is 1. The Bertz CT molecular complexity index is 693. The SMILES string of the molecule is CC1Cc2ccccc2N1C(=O)C1CCc2n[nH]nc2C1. The van der Waals surface area contributed by atoms with E-state index in [-0.39, 0.29) is 17.9 Å². The largest absolute Gasteiger partial charge is 0.309 e. The molecule has 1 aliphatic carbocycles. The van der Waals surface area contributed by atoms with Crippen LogP contribution in [0.5, 0.6) is 0 Å². The van der Waals surface area contributed by atoms with Crippen LogP contribution in [-0.2, 0) is 24.1 Å². The van der Waals surface area contributed by atoms with Gasteiger partial charge in [0.25, 0.3) is 0 Å². The maximum atomic E-state index is 13.0. The zero-order valence-electron chi connectivity index (χ0n) is 12.0. The highest BCUT2D eigenvalue weighted by molar-refractivity contribution is 5.97. The molecule has 4 rings (SSSR count). The molecule has 21 heavy (non-hydrogen) atoms. The fraction of sp³-hybridized carbons (Fsp3) is 0.438. The first-order valence-electron chi connectivity index (χ1n) is 7.53. The van der Waals surface area contributed by atoms with Gasteiger partial charge in [0, 0.05) is 24.1 Å². The molecular formula is C16H18N4O. The van der Waals surface area contributed by atoms with Gasteiger partial charge in [-0.3, -0.25) is 4.79 Å². The third-order valence-electron chi connectivity index (χ3n) is 4.67. The number of amides is 1. The van der Waals surface area contributed by atoms with Crippen molar-refractivity contribution >= 4 is 11.6 Å². The van der Waals surface area contributed by atoms with Crippen molar-refractivity contribution in [2.24, 2.45) is 5.92 Å². The first kappa shape index (κ1) is 12.6. The Labute approximate surface area is 123 Å². The van der Waals surface area contributed by atoms with Crippen LogP contribution < -0.4 is 4.90 Å². The molecule has 2 atom stereocenters. The van der Waals surface area contributed by atoms with Gasteiger partial charge in [-0.1, -0.05) is 18.2 Å². The van der Waals surface area contributed by atoms with Gasteiger partial charge in [0.2, 0.25) is 5.91 Å². The third kappa shape index (κ3) is 1.95. The second-order valence-corrected chi connectivity index (χ2v) is 6.05. The smallest absolute Gasteiger partial charge is 0.230 e. The van der Waals surface area contributed by atoms with Gasteiger partial charge < -0.3 is 4.90 Å². The molecule has 0 saturated carbocycles. The van der Waals surface area contributed by atoms with Gasteiger partial charge in [-0.25, -0.2) is 0 Å². The van der Waals surface area contributed by atoms with Crippen molar-refractivity contribution in [1.29, 1.82) is 0 Å². The van der Waals surface area contributed by atoms with Crippen molar-refractivity contribution < 1.29 is 4.79 Å². The summed E-state index contributed by atoms with van der Waals surface area (Å²) in [4.78, 5) is 15.0. The highest BCUT2D eigenvalue weighted by Gasteiger charge is 2.36. The van der Waals surface area contributed by atoms with Crippen LogP contribution in [0.2, 0.25) is 0 Å². The molecule has 2 unspecified atom stereocenters. The number of carbonyl (C=O) groups is 1. The number of nitrogens with one attached hydrogen (secondary N) is 1. The maximum Gasteiger partial charge on any atom is 0.230 e. The minimum absolute atomic E-state index is 0.0243. The number of H-pyrrole nitrogens is 1. The number of hydrogen-bond donors (Lipinski definition) is 1. The number of carbonyl (C=O) groups excluding carboxylic acids is 1. The van der Waals surface area contributed by atoms with Gasteiger partial charge in [-0.15, -0.1) is 0 Å². The standard InChI is InChI=1S/C16H18N4O/c1-10-8-11-4-2-3-5-15(11)20(10)16(21)12-6-7-13-14(9-12)18-19-17-13/h2-5,10,12H,6-9H2,1H3,(H,17,18,19). The topological polar surface area (TPSA) is 61.9 Å². The van der Waals surface area contributed by atoms with Gasteiger partial charge in [0.15, 0.2) is 0 Å². The number of fused-ring (bicyclic) bond motifs is 2. The third-order valence-corrected chi connectivity index (χ3v) is 4.67. The van der Waals surface area contributed by atoms with Crippen LogP contribution >= 0.6 is 0 Å². The molecule has 1 amide bonds. The van der Waals surface area contributed by atoms with Gasteiger partial charge >= 0.3 is 0 Å². The zero-order valence-corrected chi connectivity index (χ0v) is 12.0. The minimum atomic E-state index is 0.0243. The Morgan fingerprint density at radius 3 is 2.95 bits per heavy atom. The maximum absolute atomic E-state index is 13.0. The first-order valence-corrected chi connectivity index (χ1v) is 7.53. The highest BCUT2D eigenvalue weighted by Crippen LogP contribution is 2.35. The van der Waals surface area contributed by atoms with Gasteiger partial charge in [0.05, 0.1) is 11.4 Å². The lowest BCUT2D eigenvalue weighted by atomic mass is 9.88. The summed E-state index contributed by atoms with van der Waals surface area (Å²) in [5, 5.41) is 11.0. The predicted molar refractivity (Wildman–Crippen MR) is 79.0 cm³/mol. The number of aryl methyl sites for hydroxylation is 1. The second kappa shape index (κ2) is 4.69. The van der Waals surface area contributed by atoms with Crippen molar-refractivity contribution in [3.8, 4) is 0 Å². The average molecular weight is 282 g/mol. The molecule has 1 aliphatic heterocycles. The number of para-hydroxylation sites is 1. The molecule has 5 nitrogen and oxygen atoms in total. The molecule has 0 saturated heterocycles. The summed E-state index contributed by atoms with van der Waals surface area (Å²) < 4.78 is 0. The van der Waals surface area contributed by atoms with Crippen molar-refractivity contribution in [2.75, 3.05) is 4.90 Å². The van der Waals surface area contributed by atoms with E-state index in [1.54, 1.807) is 0 Å². The molecule has 108 valence electrons. The van der Waals surface area contributed by atoms with E-state index in [0.29, 0.717) is 6.42 Å². The van der Waals surface area contributed by atoms with Crippen molar-refractivity contribution in [3.05, 3.63) is 41.2 Å². The monoisotopic (exact) mass is 282 g/mol. The van der Waals surface area contributed by atoms with Crippen molar-refractivity contribution in [2.45, 2.75) is 38.6 Å². The zero-order chi connectivity index (χ0) is 14.4. The molecule has 0 bridgehead atoms. The number of rotatable bonds is 1. The van der Waals surface area contributed by atoms with Crippen molar-refractivity contribution in [3.63, 3.8) is 0 Å². The lowest BCUT2D eigenvalue weighted by molar-refractivity contribution is -0.123. The van der Waals surface area contributed by atoms with Crippen LogP contribution in [0.3, 0.4) is 0 Å².